The minimum atomic E-state index is -0.484. The van der Waals surface area contributed by atoms with Gasteiger partial charge in [0, 0.05) is 17.7 Å². The van der Waals surface area contributed by atoms with Crippen molar-refractivity contribution in [2.45, 2.75) is 0 Å². The minimum Gasteiger partial charge on any atom is -0.497 e. The predicted molar refractivity (Wildman–Crippen MR) is 112 cm³/mol. The zero-order chi connectivity index (χ0) is 21.1. The Labute approximate surface area is 171 Å². The molecule has 4 rings (SSSR count). The van der Waals surface area contributed by atoms with Crippen LogP contribution in [0, 0.1) is 10.1 Å². The highest BCUT2D eigenvalue weighted by atomic mass is 16.6. The van der Waals surface area contributed by atoms with Crippen LogP contribution in [0.1, 0.15) is 21.8 Å². The summed E-state index contributed by atoms with van der Waals surface area (Å²) >= 11 is 0. The first-order valence-corrected chi connectivity index (χ1v) is 9.06. The number of ketones is 1. The number of nitrogens with zero attached hydrogens (tertiary/aromatic N) is 2. The van der Waals surface area contributed by atoms with Crippen molar-refractivity contribution >= 4 is 34.2 Å². The Hall–Kier alpha value is -4.26. The van der Waals surface area contributed by atoms with Gasteiger partial charge in [-0.1, -0.05) is 24.3 Å². The van der Waals surface area contributed by atoms with Crippen molar-refractivity contribution in [3.8, 4) is 5.75 Å². The van der Waals surface area contributed by atoms with Crippen LogP contribution in [0.2, 0.25) is 0 Å². The molecule has 30 heavy (non-hydrogen) atoms. The van der Waals surface area contributed by atoms with Crippen LogP contribution in [-0.2, 0) is 0 Å². The van der Waals surface area contributed by atoms with Crippen molar-refractivity contribution in [3.63, 3.8) is 0 Å². The number of para-hydroxylation sites is 2. The average Bonchev–Trinajstić information content (AvgIpc) is 3.21. The van der Waals surface area contributed by atoms with Gasteiger partial charge in [0.05, 0.1) is 17.6 Å². The van der Waals surface area contributed by atoms with Gasteiger partial charge in [0.25, 0.3) is 5.69 Å². The molecule has 0 spiro atoms. The smallest absolute Gasteiger partial charge is 0.270 e. The quantitative estimate of drug-likeness (QED) is 0.192. The first-order chi connectivity index (χ1) is 14.5. The number of Topliss-reactive ketones (excluding diaryl/α,β-unsaturated/α-hetero) is 1. The summed E-state index contributed by atoms with van der Waals surface area (Å²) in [7, 11) is 1.54. The predicted octanol–water partition coefficient (Wildman–Crippen LogP) is 5.17. The molecule has 0 bridgehead atoms. The molecule has 0 fully saturated rings. The van der Waals surface area contributed by atoms with Crippen LogP contribution in [0.3, 0.4) is 0 Å². The molecule has 0 aliphatic carbocycles. The Morgan fingerprint density at radius 1 is 1.07 bits per heavy atom. The number of ether oxygens (including phenoxy) is 1. The molecule has 0 aliphatic rings. The monoisotopic (exact) mass is 400 g/mol. The lowest BCUT2D eigenvalue weighted by Gasteiger charge is -2.05. The van der Waals surface area contributed by atoms with Crippen molar-refractivity contribution in [1.82, 2.24) is 4.98 Å². The summed E-state index contributed by atoms with van der Waals surface area (Å²) in [5.41, 5.74) is 2.17. The highest BCUT2D eigenvalue weighted by molar-refractivity contribution is 6.31. The number of non-ortho nitro benzene ring substituents is 1. The summed E-state index contributed by atoms with van der Waals surface area (Å²) in [5.74, 6) is 0.442. The number of carbonyl (C=O) groups excluding carboxylic acids is 1. The second-order valence-corrected chi connectivity index (χ2v) is 6.45. The summed E-state index contributed by atoms with van der Waals surface area (Å²) in [4.78, 5) is 28.4. The maximum Gasteiger partial charge on any atom is 0.270 e. The molecule has 1 aromatic heterocycles. The van der Waals surface area contributed by atoms with E-state index < -0.39 is 4.92 Å². The molecule has 0 atom stereocenters. The largest absolute Gasteiger partial charge is 0.497 e. The van der Waals surface area contributed by atoms with Gasteiger partial charge in [-0.2, -0.15) is 0 Å². The van der Waals surface area contributed by atoms with Crippen LogP contribution in [0.4, 0.5) is 5.69 Å². The van der Waals surface area contributed by atoms with E-state index in [4.69, 9.17) is 9.15 Å². The number of methoxy groups -OCH3 is 1. The maximum atomic E-state index is 13.3. The van der Waals surface area contributed by atoms with E-state index in [9.17, 15) is 14.9 Å². The van der Waals surface area contributed by atoms with Crippen LogP contribution in [-0.4, -0.2) is 22.8 Å². The molecule has 1 heterocycles. The van der Waals surface area contributed by atoms with Gasteiger partial charge < -0.3 is 9.15 Å². The van der Waals surface area contributed by atoms with Gasteiger partial charge in [-0.3, -0.25) is 14.9 Å². The van der Waals surface area contributed by atoms with Gasteiger partial charge in [-0.15, -0.1) is 0 Å². The lowest BCUT2D eigenvalue weighted by molar-refractivity contribution is -0.384. The van der Waals surface area contributed by atoms with E-state index in [1.165, 1.54) is 12.1 Å². The number of oxazole rings is 1. The number of benzene rings is 3. The molecule has 4 aromatic rings. The second-order valence-electron chi connectivity index (χ2n) is 6.45. The van der Waals surface area contributed by atoms with E-state index in [0.29, 0.717) is 28.0 Å². The number of hydrogen-bond donors (Lipinski definition) is 0. The Morgan fingerprint density at radius 3 is 2.53 bits per heavy atom. The first-order valence-electron chi connectivity index (χ1n) is 9.06. The molecule has 0 radical (unpaired) electrons. The van der Waals surface area contributed by atoms with E-state index in [1.54, 1.807) is 61.7 Å². The first kappa shape index (κ1) is 19.1. The molecule has 0 aliphatic heterocycles. The molecule has 7 nitrogen and oxygen atoms in total. The molecule has 3 aromatic carbocycles. The fourth-order valence-corrected chi connectivity index (χ4v) is 3.00. The summed E-state index contributed by atoms with van der Waals surface area (Å²) in [6.07, 6.45) is 1.55. The number of carbonyl (C=O) groups is 1. The Bertz CT molecular complexity index is 1240. The van der Waals surface area contributed by atoms with Gasteiger partial charge in [0.2, 0.25) is 5.89 Å². The number of hydrogen-bond acceptors (Lipinski definition) is 6. The highest BCUT2D eigenvalue weighted by Gasteiger charge is 2.21. The van der Waals surface area contributed by atoms with Crippen molar-refractivity contribution in [1.29, 1.82) is 0 Å². The molecule has 0 amide bonds. The third-order valence-electron chi connectivity index (χ3n) is 4.51. The molecular formula is C23H16N2O5. The molecule has 7 heteroatoms. The number of rotatable bonds is 6. The molecule has 0 saturated carbocycles. The minimum absolute atomic E-state index is 0.0717. The molecule has 0 N–H and O–H groups in total. The summed E-state index contributed by atoms with van der Waals surface area (Å²) < 4.78 is 11.0. The second kappa shape index (κ2) is 8.00. The normalized spacial score (nSPS) is 11.4. The third kappa shape index (κ3) is 3.81. The summed E-state index contributed by atoms with van der Waals surface area (Å²) in [6, 6.07) is 19.9. The third-order valence-corrected chi connectivity index (χ3v) is 4.51. The van der Waals surface area contributed by atoms with Gasteiger partial charge in [-0.25, -0.2) is 4.98 Å². The fraction of sp³-hybridized carbons (Fsp3) is 0.0435. The van der Waals surface area contributed by atoms with E-state index in [0.717, 1.165) is 0 Å². The van der Waals surface area contributed by atoms with E-state index in [-0.39, 0.29) is 22.9 Å². The van der Waals surface area contributed by atoms with Gasteiger partial charge >= 0.3 is 0 Å². The maximum absolute atomic E-state index is 13.3. The lowest BCUT2D eigenvalue weighted by Crippen LogP contribution is -2.03. The van der Waals surface area contributed by atoms with Crippen molar-refractivity contribution in [2.75, 3.05) is 7.11 Å². The standard InChI is InChI=1S/C23H16N2O5/c1-29-18-11-9-16(10-12-18)22(26)19(14-15-5-4-6-17(13-15)25(27)28)23-24-20-7-2-3-8-21(20)30-23/h2-14H,1H3/b19-14+. The molecule has 0 unspecified atom stereocenters. The van der Waals surface area contributed by atoms with Crippen LogP contribution < -0.4 is 4.74 Å². The Kier molecular flexibility index (Phi) is 5.09. The van der Waals surface area contributed by atoms with E-state index in [2.05, 4.69) is 4.98 Å². The number of fused-ring (bicyclic) bond motifs is 1. The topological polar surface area (TPSA) is 95.5 Å². The van der Waals surface area contributed by atoms with E-state index >= 15 is 0 Å². The van der Waals surface area contributed by atoms with E-state index in [1.807, 2.05) is 12.1 Å². The summed E-state index contributed by atoms with van der Waals surface area (Å²) in [5, 5.41) is 11.1. The number of aromatic nitrogens is 1. The van der Waals surface area contributed by atoms with Crippen molar-refractivity contribution < 1.29 is 18.9 Å². The van der Waals surface area contributed by atoms with Crippen LogP contribution in [0.5, 0.6) is 5.75 Å². The highest BCUT2D eigenvalue weighted by Crippen LogP contribution is 2.27. The van der Waals surface area contributed by atoms with Crippen molar-refractivity contribution in [3.05, 3.63) is 99.9 Å². The Balaban J connectivity index is 1.84. The van der Waals surface area contributed by atoms with Gasteiger partial charge in [0.1, 0.15) is 11.3 Å². The number of nitro benzene ring substituents is 1. The van der Waals surface area contributed by atoms with Gasteiger partial charge in [-0.05, 0) is 48.0 Å². The SMILES string of the molecule is COc1ccc(C(=O)/C(=C\c2cccc([N+](=O)[O-])c2)c2nc3ccccc3o2)cc1. The van der Waals surface area contributed by atoms with Crippen LogP contribution in [0.25, 0.3) is 22.7 Å². The zero-order valence-electron chi connectivity index (χ0n) is 15.9. The molecule has 0 saturated heterocycles. The van der Waals surface area contributed by atoms with Crippen LogP contribution >= 0.6 is 0 Å². The molecule has 148 valence electrons. The fourth-order valence-electron chi connectivity index (χ4n) is 3.00. The zero-order valence-corrected chi connectivity index (χ0v) is 15.9. The lowest BCUT2D eigenvalue weighted by atomic mass is 10.0. The van der Waals surface area contributed by atoms with Crippen molar-refractivity contribution in [2.24, 2.45) is 0 Å². The summed E-state index contributed by atoms with van der Waals surface area (Å²) in [6.45, 7) is 0. The number of allylic oxidation sites excluding steroid dienone is 1. The number of nitro groups is 1. The molecular weight excluding hydrogens is 384 g/mol. The van der Waals surface area contributed by atoms with Crippen LogP contribution in [0.15, 0.2) is 77.2 Å². The Morgan fingerprint density at radius 2 is 1.83 bits per heavy atom. The average molecular weight is 400 g/mol. The van der Waals surface area contributed by atoms with Gasteiger partial charge in [0.15, 0.2) is 11.4 Å².